The van der Waals surface area contributed by atoms with Crippen molar-refractivity contribution in [1.29, 1.82) is 0 Å². The van der Waals surface area contributed by atoms with Crippen LogP contribution in [0.2, 0.25) is 0 Å². The predicted molar refractivity (Wildman–Crippen MR) is 161 cm³/mol. The van der Waals surface area contributed by atoms with Gasteiger partial charge >= 0.3 is 0 Å². The van der Waals surface area contributed by atoms with Crippen molar-refractivity contribution in [3.8, 4) is 16.9 Å². The Morgan fingerprint density at radius 3 is 2.60 bits per heavy atom. The molecular formula is C32H32F2N4O3S. The first-order valence-corrected chi connectivity index (χ1v) is 14.7. The summed E-state index contributed by atoms with van der Waals surface area (Å²) in [5, 5.41) is 7.19. The highest BCUT2D eigenvalue weighted by Crippen LogP contribution is 2.49. The number of amides is 2. The molecule has 0 bridgehead atoms. The van der Waals surface area contributed by atoms with E-state index >= 15 is 4.39 Å². The van der Waals surface area contributed by atoms with Crippen LogP contribution in [0, 0.1) is 25.5 Å². The minimum absolute atomic E-state index is 0.0196. The van der Waals surface area contributed by atoms with Crippen LogP contribution in [0.5, 0.6) is 0 Å². The Morgan fingerprint density at radius 2 is 1.88 bits per heavy atom. The Labute approximate surface area is 247 Å². The molecule has 1 N–H and O–H groups in total. The van der Waals surface area contributed by atoms with Gasteiger partial charge in [0.25, 0.3) is 0 Å². The molecule has 0 aliphatic carbocycles. The van der Waals surface area contributed by atoms with E-state index < -0.39 is 16.9 Å². The Balaban J connectivity index is 1.75. The minimum Gasteiger partial charge on any atom is -0.385 e. The van der Waals surface area contributed by atoms with Gasteiger partial charge in [0, 0.05) is 43.0 Å². The average molecular weight is 591 g/mol. The van der Waals surface area contributed by atoms with Crippen LogP contribution in [0.4, 0.5) is 14.6 Å². The molecule has 1 aliphatic heterocycles. The number of thioether (sulfide) groups is 1. The predicted octanol–water partition coefficient (Wildman–Crippen LogP) is 5.76. The summed E-state index contributed by atoms with van der Waals surface area (Å²) in [6.07, 6.45) is 0.627. The number of carbonyl (C=O) groups excluding carboxylic acids is 2. The zero-order chi connectivity index (χ0) is 29.8. The Morgan fingerprint density at radius 1 is 1.10 bits per heavy atom. The molecule has 2 heterocycles. The molecule has 0 radical (unpaired) electrons. The summed E-state index contributed by atoms with van der Waals surface area (Å²) in [5.41, 5.74) is 4.83. The SMILES string of the molecule is COCCCNC(=O)CN1C(=O)CS[C@H](c2ccc(F)cc2F)c2c(-c3ccccc3)nn(-c3ccc(C)cc3C)c21. The number of benzene rings is 3. The van der Waals surface area contributed by atoms with Gasteiger partial charge in [0.15, 0.2) is 0 Å². The van der Waals surface area contributed by atoms with Crippen LogP contribution in [0.15, 0.2) is 66.7 Å². The molecule has 3 aromatic carbocycles. The summed E-state index contributed by atoms with van der Waals surface area (Å²) in [4.78, 5) is 28.4. The second-order valence-electron chi connectivity index (χ2n) is 10.2. The molecule has 0 unspecified atom stereocenters. The number of ether oxygens (including phenoxy) is 1. The summed E-state index contributed by atoms with van der Waals surface area (Å²) in [7, 11) is 1.59. The van der Waals surface area contributed by atoms with Crippen LogP contribution in [-0.2, 0) is 14.3 Å². The van der Waals surface area contributed by atoms with Gasteiger partial charge in [-0.05, 0) is 38.0 Å². The van der Waals surface area contributed by atoms with Crippen molar-refractivity contribution in [1.82, 2.24) is 15.1 Å². The standard InChI is InChI=1S/C32H32F2N4O3S/c1-20-10-13-26(21(2)16-20)38-32-29(30(36-38)22-8-5-4-6-9-22)31(24-12-11-23(33)17-25(24)34)42-19-28(40)37(32)18-27(39)35-14-7-15-41-3/h4-6,8-13,16-17,31H,7,14-15,18-19H2,1-3H3,(H,35,39)/t31-/m1/s1. The summed E-state index contributed by atoms with van der Waals surface area (Å²) in [6.45, 7) is 4.59. The lowest BCUT2D eigenvalue weighted by molar-refractivity contribution is -0.122. The van der Waals surface area contributed by atoms with Gasteiger partial charge in [0.05, 0.1) is 22.4 Å². The fourth-order valence-corrected chi connectivity index (χ4v) is 6.36. The van der Waals surface area contributed by atoms with Crippen molar-refractivity contribution < 1.29 is 23.1 Å². The number of nitrogens with one attached hydrogen (secondary N) is 1. The molecule has 0 saturated carbocycles. The van der Waals surface area contributed by atoms with Crippen LogP contribution >= 0.6 is 11.8 Å². The van der Waals surface area contributed by atoms with Crippen LogP contribution in [-0.4, -0.2) is 54.2 Å². The summed E-state index contributed by atoms with van der Waals surface area (Å²) in [5.74, 6) is -1.69. The zero-order valence-corrected chi connectivity index (χ0v) is 24.5. The smallest absolute Gasteiger partial charge is 0.240 e. The molecule has 1 aromatic heterocycles. The summed E-state index contributed by atoms with van der Waals surface area (Å²) < 4.78 is 36.1. The largest absolute Gasteiger partial charge is 0.385 e. The molecule has 2 amide bonds. The van der Waals surface area contributed by atoms with E-state index in [1.807, 2.05) is 62.4 Å². The first kappa shape index (κ1) is 29.5. The van der Waals surface area contributed by atoms with E-state index in [-0.39, 0.29) is 29.7 Å². The highest BCUT2D eigenvalue weighted by Gasteiger charge is 2.38. The molecule has 42 heavy (non-hydrogen) atoms. The van der Waals surface area contributed by atoms with Gasteiger partial charge in [0.2, 0.25) is 11.8 Å². The topological polar surface area (TPSA) is 76.5 Å². The van der Waals surface area contributed by atoms with E-state index in [1.54, 1.807) is 11.8 Å². The number of carbonyl (C=O) groups is 2. The van der Waals surface area contributed by atoms with E-state index in [1.165, 1.54) is 28.8 Å². The maximum atomic E-state index is 15.4. The third-order valence-electron chi connectivity index (χ3n) is 7.11. The number of rotatable bonds is 9. The Kier molecular flexibility index (Phi) is 9.03. The third kappa shape index (κ3) is 6.10. The fraction of sp³-hybridized carbons (Fsp3) is 0.281. The lowest BCUT2D eigenvalue weighted by atomic mass is 9.99. The number of hydrogen-bond acceptors (Lipinski definition) is 5. The van der Waals surface area contributed by atoms with Crippen molar-refractivity contribution in [2.45, 2.75) is 25.5 Å². The van der Waals surface area contributed by atoms with Gasteiger partial charge in [-0.1, -0.05) is 54.1 Å². The van der Waals surface area contributed by atoms with Gasteiger partial charge in [-0.3, -0.25) is 14.5 Å². The number of aromatic nitrogens is 2. The lowest BCUT2D eigenvalue weighted by Gasteiger charge is -2.24. The second-order valence-corrected chi connectivity index (χ2v) is 11.3. The highest BCUT2D eigenvalue weighted by molar-refractivity contribution is 8.00. The van der Waals surface area contributed by atoms with Crippen LogP contribution in [0.3, 0.4) is 0 Å². The molecule has 5 rings (SSSR count). The van der Waals surface area contributed by atoms with Crippen LogP contribution in [0.25, 0.3) is 16.9 Å². The van der Waals surface area contributed by atoms with Gasteiger partial charge in [0.1, 0.15) is 24.0 Å². The van der Waals surface area contributed by atoms with Crippen molar-refractivity contribution in [2.75, 3.05) is 37.5 Å². The van der Waals surface area contributed by atoms with Gasteiger partial charge in [-0.15, -0.1) is 11.8 Å². The van der Waals surface area contributed by atoms with Crippen molar-refractivity contribution >= 4 is 29.4 Å². The molecule has 1 atom stereocenters. The van der Waals surface area contributed by atoms with E-state index in [4.69, 9.17) is 9.84 Å². The molecule has 0 fully saturated rings. The Bertz CT molecular complexity index is 1610. The van der Waals surface area contributed by atoms with Gasteiger partial charge < -0.3 is 10.1 Å². The lowest BCUT2D eigenvalue weighted by Crippen LogP contribution is -2.42. The van der Waals surface area contributed by atoms with Crippen LogP contribution in [0.1, 0.15) is 33.9 Å². The molecule has 1 aliphatic rings. The number of methoxy groups -OCH3 is 1. The summed E-state index contributed by atoms with van der Waals surface area (Å²) in [6, 6.07) is 18.8. The van der Waals surface area contributed by atoms with E-state index in [0.29, 0.717) is 36.6 Å². The maximum Gasteiger partial charge on any atom is 0.240 e. The van der Waals surface area contributed by atoms with Crippen molar-refractivity contribution in [2.24, 2.45) is 0 Å². The molecular weight excluding hydrogens is 558 g/mol. The second kappa shape index (κ2) is 12.9. The molecule has 218 valence electrons. The fourth-order valence-electron chi connectivity index (χ4n) is 5.14. The van der Waals surface area contributed by atoms with Crippen LogP contribution < -0.4 is 10.2 Å². The van der Waals surface area contributed by atoms with Crippen molar-refractivity contribution in [3.63, 3.8) is 0 Å². The number of halogens is 2. The molecule has 7 nitrogen and oxygen atoms in total. The average Bonchev–Trinajstić information content (AvgIpc) is 3.28. The monoisotopic (exact) mass is 590 g/mol. The maximum absolute atomic E-state index is 15.4. The van der Waals surface area contributed by atoms with Gasteiger partial charge in [-0.25, -0.2) is 13.5 Å². The van der Waals surface area contributed by atoms with E-state index in [9.17, 15) is 14.0 Å². The number of hydrogen-bond donors (Lipinski definition) is 1. The molecule has 0 spiro atoms. The first-order valence-electron chi connectivity index (χ1n) is 13.7. The minimum atomic E-state index is -0.714. The first-order chi connectivity index (χ1) is 20.3. The van der Waals surface area contributed by atoms with E-state index in [2.05, 4.69) is 5.32 Å². The van der Waals surface area contributed by atoms with E-state index in [0.717, 1.165) is 28.4 Å². The third-order valence-corrected chi connectivity index (χ3v) is 8.35. The number of aryl methyl sites for hydroxylation is 2. The normalized spacial score (nSPS) is 14.9. The number of fused-ring (bicyclic) bond motifs is 1. The number of anilines is 1. The molecule has 0 saturated heterocycles. The molecule has 4 aromatic rings. The highest BCUT2D eigenvalue weighted by atomic mass is 32.2. The molecule has 10 heteroatoms. The zero-order valence-electron chi connectivity index (χ0n) is 23.7. The number of nitrogens with zero attached hydrogens (tertiary/aromatic N) is 3. The summed E-state index contributed by atoms with van der Waals surface area (Å²) >= 11 is 1.23. The van der Waals surface area contributed by atoms with Crippen molar-refractivity contribution in [3.05, 3.63) is 101 Å². The van der Waals surface area contributed by atoms with Gasteiger partial charge in [-0.2, -0.15) is 5.10 Å². The Hall–Kier alpha value is -4.02. The quantitative estimate of drug-likeness (QED) is 0.251.